The number of nitrogens with two attached hydrogens (primary N) is 1. The minimum atomic E-state index is -0.687. The van der Waals surface area contributed by atoms with Crippen LogP contribution in [0.25, 0.3) is 10.9 Å². The van der Waals surface area contributed by atoms with Gasteiger partial charge in [0.05, 0.1) is 12.1 Å². The Kier molecular flexibility index (Phi) is 3.66. The van der Waals surface area contributed by atoms with Crippen molar-refractivity contribution in [3.05, 3.63) is 35.4 Å². The summed E-state index contributed by atoms with van der Waals surface area (Å²) in [4.78, 5) is 17.7. The summed E-state index contributed by atoms with van der Waals surface area (Å²) in [5, 5.41) is 2.95. The van der Waals surface area contributed by atoms with E-state index in [1.165, 1.54) is 6.07 Å². The largest absolute Gasteiger partial charge is 0.353 e. The van der Waals surface area contributed by atoms with Crippen molar-refractivity contribution in [2.24, 2.45) is 5.73 Å². The summed E-state index contributed by atoms with van der Waals surface area (Å²) in [6.45, 7) is 2.98. The van der Waals surface area contributed by atoms with E-state index in [1.807, 2.05) is 0 Å². The summed E-state index contributed by atoms with van der Waals surface area (Å²) in [6, 6.07) is 3.20. The maximum Gasteiger partial charge on any atom is 0.239 e. The first-order chi connectivity index (χ1) is 10.5. The number of nitrogens with one attached hydrogen (secondary N) is 1. The van der Waals surface area contributed by atoms with Crippen LogP contribution in [-0.4, -0.2) is 30.5 Å². The van der Waals surface area contributed by atoms with Crippen LogP contribution in [0.2, 0.25) is 0 Å². The van der Waals surface area contributed by atoms with Crippen molar-refractivity contribution in [2.75, 3.05) is 24.5 Å². The van der Waals surface area contributed by atoms with Crippen LogP contribution in [0.4, 0.5) is 14.6 Å². The SMILES string of the molecule is C[C@H](N)c1cc2c(F)cc(F)cc2nc1N1CCNC(=O)C1. The van der Waals surface area contributed by atoms with E-state index >= 15 is 0 Å². The molecule has 1 amide bonds. The Morgan fingerprint density at radius 2 is 2.14 bits per heavy atom. The standard InChI is InChI=1S/C15H16F2N4O/c1-8(18)10-6-11-12(17)4-9(16)5-13(11)20-15(10)21-3-2-19-14(22)7-21/h4-6,8H,2-3,7,18H2,1H3,(H,19,22)/t8-/m0/s1. The van der Waals surface area contributed by atoms with Gasteiger partial charge in [0.1, 0.15) is 17.5 Å². The second-order valence-corrected chi connectivity index (χ2v) is 5.42. The topological polar surface area (TPSA) is 71.2 Å². The normalized spacial score (nSPS) is 16.7. The van der Waals surface area contributed by atoms with Gasteiger partial charge in [0.25, 0.3) is 0 Å². The molecule has 0 bridgehead atoms. The number of piperazine rings is 1. The Morgan fingerprint density at radius 1 is 1.36 bits per heavy atom. The number of carbonyl (C=O) groups is 1. The predicted molar refractivity (Wildman–Crippen MR) is 79.5 cm³/mol. The summed E-state index contributed by atoms with van der Waals surface area (Å²) in [5.41, 5.74) is 6.81. The molecular weight excluding hydrogens is 290 g/mol. The van der Waals surface area contributed by atoms with Crippen molar-refractivity contribution in [2.45, 2.75) is 13.0 Å². The van der Waals surface area contributed by atoms with Gasteiger partial charge in [0.2, 0.25) is 5.91 Å². The molecule has 0 saturated carbocycles. The number of amides is 1. The fourth-order valence-electron chi connectivity index (χ4n) is 2.61. The Balaban J connectivity index is 2.18. The lowest BCUT2D eigenvalue weighted by atomic mass is 10.1. The quantitative estimate of drug-likeness (QED) is 0.881. The molecule has 116 valence electrons. The number of anilines is 1. The molecule has 3 rings (SSSR count). The van der Waals surface area contributed by atoms with Crippen molar-refractivity contribution >= 4 is 22.6 Å². The average molecular weight is 306 g/mol. The summed E-state index contributed by atoms with van der Waals surface area (Å²) >= 11 is 0. The summed E-state index contributed by atoms with van der Waals surface area (Å²) in [5.74, 6) is -0.975. The van der Waals surface area contributed by atoms with Crippen molar-refractivity contribution < 1.29 is 13.6 Å². The number of fused-ring (bicyclic) bond motifs is 1. The number of nitrogens with zero attached hydrogens (tertiary/aromatic N) is 2. The maximum absolute atomic E-state index is 13.9. The third kappa shape index (κ3) is 2.59. The first-order valence-corrected chi connectivity index (χ1v) is 7.02. The number of aromatic nitrogens is 1. The summed E-state index contributed by atoms with van der Waals surface area (Å²) in [6.07, 6.45) is 0. The van der Waals surface area contributed by atoms with Gasteiger partial charge in [-0.1, -0.05) is 0 Å². The van der Waals surface area contributed by atoms with Gasteiger partial charge in [-0.2, -0.15) is 0 Å². The monoisotopic (exact) mass is 306 g/mol. The second-order valence-electron chi connectivity index (χ2n) is 5.42. The Labute approximate surface area is 126 Å². The first-order valence-electron chi connectivity index (χ1n) is 7.02. The van der Waals surface area contributed by atoms with Gasteiger partial charge in [0.15, 0.2) is 0 Å². The van der Waals surface area contributed by atoms with Crippen LogP contribution in [0.1, 0.15) is 18.5 Å². The number of pyridine rings is 1. The third-order valence-electron chi connectivity index (χ3n) is 3.69. The average Bonchev–Trinajstić information content (AvgIpc) is 2.45. The van der Waals surface area contributed by atoms with Gasteiger partial charge in [-0.15, -0.1) is 0 Å². The van der Waals surface area contributed by atoms with E-state index in [0.29, 0.717) is 24.5 Å². The van der Waals surface area contributed by atoms with Gasteiger partial charge in [0, 0.05) is 42.2 Å². The van der Waals surface area contributed by atoms with E-state index < -0.39 is 11.6 Å². The highest BCUT2D eigenvalue weighted by Crippen LogP contribution is 2.29. The van der Waals surface area contributed by atoms with E-state index in [-0.39, 0.29) is 29.4 Å². The van der Waals surface area contributed by atoms with Gasteiger partial charge in [-0.25, -0.2) is 13.8 Å². The minimum Gasteiger partial charge on any atom is -0.353 e. The van der Waals surface area contributed by atoms with Gasteiger partial charge in [-0.05, 0) is 13.0 Å². The molecule has 5 nitrogen and oxygen atoms in total. The Hall–Kier alpha value is -2.28. The van der Waals surface area contributed by atoms with Crippen molar-refractivity contribution in [3.8, 4) is 0 Å². The third-order valence-corrected chi connectivity index (χ3v) is 3.69. The van der Waals surface area contributed by atoms with Crippen LogP contribution in [0, 0.1) is 11.6 Å². The van der Waals surface area contributed by atoms with E-state index in [0.717, 1.165) is 6.07 Å². The predicted octanol–water partition coefficient (Wildman–Crippen LogP) is 1.47. The zero-order valence-electron chi connectivity index (χ0n) is 12.1. The highest BCUT2D eigenvalue weighted by molar-refractivity contribution is 5.86. The van der Waals surface area contributed by atoms with Gasteiger partial charge in [-0.3, -0.25) is 4.79 Å². The van der Waals surface area contributed by atoms with Crippen LogP contribution in [0.3, 0.4) is 0 Å². The number of hydrogen-bond acceptors (Lipinski definition) is 4. The maximum atomic E-state index is 13.9. The van der Waals surface area contributed by atoms with E-state index in [4.69, 9.17) is 5.73 Å². The molecule has 1 aromatic heterocycles. The van der Waals surface area contributed by atoms with Crippen molar-refractivity contribution in [3.63, 3.8) is 0 Å². The van der Waals surface area contributed by atoms with E-state index in [1.54, 1.807) is 17.9 Å². The molecule has 0 radical (unpaired) electrons. The smallest absolute Gasteiger partial charge is 0.239 e. The van der Waals surface area contributed by atoms with Crippen molar-refractivity contribution in [1.82, 2.24) is 10.3 Å². The lowest BCUT2D eigenvalue weighted by molar-refractivity contribution is -0.120. The highest BCUT2D eigenvalue weighted by Gasteiger charge is 2.23. The second kappa shape index (κ2) is 5.49. The molecule has 0 unspecified atom stereocenters. The molecule has 1 aromatic carbocycles. The fourth-order valence-corrected chi connectivity index (χ4v) is 2.61. The van der Waals surface area contributed by atoms with Crippen LogP contribution < -0.4 is 16.0 Å². The van der Waals surface area contributed by atoms with Crippen LogP contribution in [-0.2, 0) is 4.79 Å². The number of rotatable bonds is 2. The highest BCUT2D eigenvalue weighted by atomic mass is 19.1. The molecule has 1 aliphatic rings. The first kappa shape index (κ1) is 14.6. The lowest BCUT2D eigenvalue weighted by Crippen LogP contribution is -2.48. The molecule has 22 heavy (non-hydrogen) atoms. The van der Waals surface area contributed by atoms with Gasteiger partial charge >= 0.3 is 0 Å². The molecule has 0 spiro atoms. The van der Waals surface area contributed by atoms with Crippen LogP contribution >= 0.6 is 0 Å². The molecular formula is C15H16F2N4O. The number of benzene rings is 1. The zero-order chi connectivity index (χ0) is 15.9. The molecule has 1 atom stereocenters. The summed E-state index contributed by atoms with van der Waals surface area (Å²) in [7, 11) is 0. The van der Waals surface area contributed by atoms with Crippen molar-refractivity contribution in [1.29, 1.82) is 0 Å². The lowest BCUT2D eigenvalue weighted by Gasteiger charge is -2.30. The van der Waals surface area contributed by atoms with E-state index in [2.05, 4.69) is 10.3 Å². The Morgan fingerprint density at radius 3 is 2.82 bits per heavy atom. The van der Waals surface area contributed by atoms with E-state index in [9.17, 15) is 13.6 Å². The molecule has 1 saturated heterocycles. The molecule has 3 N–H and O–H groups in total. The number of hydrogen-bond donors (Lipinski definition) is 2. The molecule has 1 aliphatic heterocycles. The fraction of sp³-hybridized carbons (Fsp3) is 0.333. The molecule has 1 fully saturated rings. The number of carbonyl (C=O) groups excluding carboxylic acids is 1. The van der Waals surface area contributed by atoms with Crippen LogP contribution in [0.5, 0.6) is 0 Å². The molecule has 0 aliphatic carbocycles. The van der Waals surface area contributed by atoms with Gasteiger partial charge < -0.3 is 16.0 Å². The zero-order valence-corrected chi connectivity index (χ0v) is 12.1. The number of halogens is 2. The summed E-state index contributed by atoms with van der Waals surface area (Å²) < 4.78 is 27.3. The Bertz CT molecular complexity index is 748. The minimum absolute atomic E-state index is 0.116. The molecule has 2 heterocycles. The van der Waals surface area contributed by atoms with Crippen LogP contribution in [0.15, 0.2) is 18.2 Å². The molecule has 7 heteroatoms. The molecule has 2 aromatic rings.